The Bertz CT molecular complexity index is 1000. The Balaban J connectivity index is 1.41. The lowest BCUT2D eigenvalue weighted by Crippen LogP contribution is -2.25. The maximum atomic E-state index is 12.2. The van der Waals surface area contributed by atoms with E-state index >= 15 is 0 Å². The summed E-state index contributed by atoms with van der Waals surface area (Å²) in [7, 11) is 1.62. The van der Waals surface area contributed by atoms with Crippen molar-refractivity contribution in [1.29, 1.82) is 0 Å². The first-order valence-corrected chi connectivity index (χ1v) is 9.46. The molecule has 1 amide bonds. The van der Waals surface area contributed by atoms with Gasteiger partial charge >= 0.3 is 6.09 Å². The van der Waals surface area contributed by atoms with Crippen LogP contribution in [0.1, 0.15) is 22.6 Å². The van der Waals surface area contributed by atoms with Crippen LogP contribution in [-0.4, -0.2) is 19.8 Å². The fraction of sp³-hybridized carbons (Fsp3) is 0.174. The van der Waals surface area contributed by atoms with Crippen LogP contribution in [0.5, 0.6) is 5.75 Å². The number of carbonyl (C=O) groups excluding carboxylic acids is 1. The highest BCUT2D eigenvalue weighted by molar-refractivity contribution is 6.30. The molecule has 3 aromatic carbocycles. The van der Waals surface area contributed by atoms with E-state index in [4.69, 9.17) is 21.1 Å². The van der Waals surface area contributed by atoms with Crippen LogP contribution < -0.4 is 10.1 Å². The minimum Gasteiger partial charge on any atom is -0.497 e. The minimum atomic E-state index is -0.441. The Morgan fingerprint density at radius 1 is 1.00 bits per heavy atom. The first kappa shape index (κ1) is 18.4. The number of carbonyl (C=O) groups is 1. The highest BCUT2D eigenvalue weighted by Gasteiger charge is 2.29. The second kappa shape index (κ2) is 7.95. The molecule has 1 N–H and O–H groups in total. The zero-order chi connectivity index (χ0) is 19.5. The standard InChI is InChI=1S/C23H20ClNO3/c1-27-17-9-6-15(7-10-17)13-25-23(26)28-14-22-19-5-3-2-4-18(19)20-11-8-16(24)12-21(20)22/h2-12,22H,13-14H2,1H3,(H,25,26). The molecule has 1 unspecified atom stereocenters. The van der Waals surface area contributed by atoms with Crippen molar-refractivity contribution >= 4 is 17.7 Å². The summed E-state index contributed by atoms with van der Waals surface area (Å²) in [5.74, 6) is 0.764. The van der Waals surface area contributed by atoms with Crippen LogP contribution in [-0.2, 0) is 11.3 Å². The smallest absolute Gasteiger partial charge is 0.407 e. The minimum absolute atomic E-state index is 0.0170. The number of benzene rings is 3. The number of fused-ring (bicyclic) bond motifs is 3. The summed E-state index contributed by atoms with van der Waals surface area (Å²) in [5.41, 5.74) is 5.54. The van der Waals surface area contributed by atoms with E-state index in [2.05, 4.69) is 17.4 Å². The Kier molecular flexibility index (Phi) is 5.22. The lowest BCUT2D eigenvalue weighted by Gasteiger charge is -2.15. The zero-order valence-corrected chi connectivity index (χ0v) is 16.2. The van der Waals surface area contributed by atoms with Gasteiger partial charge in [-0.3, -0.25) is 0 Å². The van der Waals surface area contributed by atoms with Crippen molar-refractivity contribution in [3.63, 3.8) is 0 Å². The van der Waals surface area contributed by atoms with Crippen molar-refractivity contribution < 1.29 is 14.3 Å². The highest BCUT2D eigenvalue weighted by Crippen LogP contribution is 2.45. The van der Waals surface area contributed by atoms with Crippen LogP contribution in [0.4, 0.5) is 4.79 Å². The van der Waals surface area contributed by atoms with Gasteiger partial charge in [-0.1, -0.05) is 54.1 Å². The molecule has 0 fully saturated rings. The monoisotopic (exact) mass is 393 g/mol. The second-order valence-electron chi connectivity index (χ2n) is 6.67. The molecule has 0 heterocycles. The molecule has 5 heteroatoms. The molecule has 0 saturated heterocycles. The summed E-state index contributed by atoms with van der Waals surface area (Å²) >= 11 is 6.20. The number of rotatable bonds is 5. The van der Waals surface area contributed by atoms with Crippen LogP contribution in [0.25, 0.3) is 11.1 Å². The molecule has 142 valence electrons. The summed E-state index contributed by atoms with van der Waals surface area (Å²) < 4.78 is 10.7. The SMILES string of the molecule is COc1ccc(CNC(=O)OCC2c3ccccc3-c3ccc(Cl)cc32)cc1. The maximum Gasteiger partial charge on any atom is 0.407 e. The molecule has 3 aromatic rings. The third-order valence-electron chi connectivity index (χ3n) is 4.99. The summed E-state index contributed by atoms with van der Waals surface area (Å²) in [6.07, 6.45) is -0.441. The molecule has 4 nitrogen and oxygen atoms in total. The largest absolute Gasteiger partial charge is 0.497 e. The fourth-order valence-electron chi connectivity index (χ4n) is 3.59. The van der Waals surface area contributed by atoms with E-state index in [-0.39, 0.29) is 12.5 Å². The Labute approximate surface area is 169 Å². The summed E-state index contributed by atoms with van der Waals surface area (Å²) in [5, 5.41) is 3.47. The number of alkyl carbamates (subject to hydrolysis) is 1. The van der Waals surface area contributed by atoms with Crippen LogP contribution in [0.15, 0.2) is 66.7 Å². The van der Waals surface area contributed by atoms with Gasteiger partial charge in [0.15, 0.2) is 0 Å². The molecule has 0 spiro atoms. The van der Waals surface area contributed by atoms with E-state index in [0.717, 1.165) is 28.0 Å². The summed E-state index contributed by atoms with van der Waals surface area (Å²) in [6, 6.07) is 21.6. The Morgan fingerprint density at radius 2 is 1.75 bits per heavy atom. The number of amides is 1. The number of halogens is 1. The predicted molar refractivity (Wildman–Crippen MR) is 110 cm³/mol. The fourth-order valence-corrected chi connectivity index (χ4v) is 3.77. The number of hydrogen-bond donors (Lipinski definition) is 1. The van der Waals surface area contributed by atoms with Crippen LogP contribution in [0, 0.1) is 0 Å². The van der Waals surface area contributed by atoms with Crippen LogP contribution in [0.3, 0.4) is 0 Å². The molecular formula is C23H20ClNO3. The zero-order valence-electron chi connectivity index (χ0n) is 15.4. The van der Waals surface area contributed by atoms with Gasteiger partial charge in [-0.25, -0.2) is 4.79 Å². The van der Waals surface area contributed by atoms with Crippen molar-refractivity contribution in [3.8, 4) is 16.9 Å². The third-order valence-corrected chi connectivity index (χ3v) is 5.23. The van der Waals surface area contributed by atoms with E-state index in [9.17, 15) is 4.79 Å². The lowest BCUT2D eigenvalue weighted by molar-refractivity contribution is 0.142. The molecule has 0 aliphatic heterocycles. The normalized spacial score (nSPS) is 14.1. The molecule has 1 atom stereocenters. The second-order valence-corrected chi connectivity index (χ2v) is 7.11. The summed E-state index contributed by atoms with van der Waals surface area (Å²) in [4.78, 5) is 12.2. The molecular weight excluding hydrogens is 374 g/mol. The van der Waals surface area contributed by atoms with Gasteiger partial charge in [-0.05, 0) is 52.1 Å². The Hall–Kier alpha value is -2.98. The predicted octanol–water partition coefficient (Wildman–Crippen LogP) is 5.39. The van der Waals surface area contributed by atoms with Crippen molar-refractivity contribution in [3.05, 3.63) is 88.4 Å². The van der Waals surface area contributed by atoms with Gasteiger partial charge in [-0.2, -0.15) is 0 Å². The van der Waals surface area contributed by atoms with Gasteiger partial charge in [0.2, 0.25) is 0 Å². The molecule has 28 heavy (non-hydrogen) atoms. The van der Waals surface area contributed by atoms with Gasteiger partial charge in [0.25, 0.3) is 0 Å². The maximum absolute atomic E-state index is 12.2. The van der Waals surface area contributed by atoms with Crippen molar-refractivity contribution in [2.24, 2.45) is 0 Å². The van der Waals surface area contributed by atoms with Gasteiger partial charge in [-0.15, -0.1) is 0 Å². The van der Waals surface area contributed by atoms with E-state index in [1.165, 1.54) is 5.56 Å². The summed E-state index contributed by atoms with van der Waals surface area (Å²) in [6.45, 7) is 0.658. The number of nitrogens with one attached hydrogen (secondary N) is 1. The van der Waals surface area contributed by atoms with E-state index in [0.29, 0.717) is 11.6 Å². The van der Waals surface area contributed by atoms with Gasteiger partial charge in [0, 0.05) is 17.5 Å². The highest BCUT2D eigenvalue weighted by atomic mass is 35.5. The first-order chi connectivity index (χ1) is 13.7. The van der Waals surface area contributed by atoms with Crippen LogP contribution >= 0.6 is 11.6 Å². The number of hydrogen-bond acceptors (Lipinski definition) is 3. The average Bonchev–Trinajstić information content (AvgIpc) is 3.03. The van der Waals surface area contributed by atoms with Gasteiger partial charge in [0.1, 0.15) is 12.4 Å². The quantitative estimate of drug-likeness (QED) is 0.632. The average molecular weight is 394 g/mol. The first-order valence-electron chi connectivity index (χ1n) is 9.08. The Morgan fingerprint density at radius 3 is 2.54 bits per heavy atom. The van der Waals surface area contributed by atoms with Gasteiger partial charge < -0.3 is 14.8 Å². The van der Waals surface area contributed by atoms with E-state index in [1.807, 2.05) is 54.6 Å². The van der Waals surface area contributed by atoms with Crippen molar-refractivity contribution in [2.45, 2.75) is 12.5 Å². The molecule has 0 aromatic heterocycles. The molecule has 1 aliphatic carbocycles. The molecule has 4 rings (SSSR count). The topological polar surface area (TPSA) is 47.6 Å². The van der Waals surface area contributed by atoms with E-state index in [1.54, 1.807) is 7.11 Å². The molecule has 1 aliphatic rings. The number of ether oxygens (including phenoxy) is 2. The van der Waals surface area contributed by atoms with E-state index < -0.39 is 6.09 Å². The molecule has 0 saturated carbocycles. The molecule has 0 bridgehead atoms. The molecule has 0 radical (unpaired) electrons. The lowest BCUT2D eigenvalue weighted by atomic mass is 9.98. The number of methoxy groups -OCH3 is 1. The van der Waals surface area contributed by atoms with Gasteiger partial charge in [0.05, 0.1) is 7.11 Å². The van der Waals surface area contributed by atoms with Crippen molar-refractivity contribution in [2.75, 3.05) is 13.7 Å². The van der Waals surface area contributed by atoms with Crippen LogP contribution in [0.2, 0.25) is 5.02 Å². The third kappa shape index (κ3) is 3.69. The van der Waals surface area contributed by atoms with Crippen molar-refractivity contribution in [1.82, 2.24) is 5.32 Å².